The topological polar surface area (TPSA) is 66.4 Å². The lowest BCUT2D eigenvalue weighted by Crippen LogP contribution is -2.39. The van der Waals surface area contributed by atoms with Crippen LogP contribution >= 0.6 is 0 Å². The van der Waals surface area contributed by atoms with Gasteiger partial charge in [-0.1, -0.05) is 37.8 Å². The third-order valence-electron chi connectivity index (χ3n) is 4.98. The number of hydrogen-bond acceptors (Lipinski definition) is 2. The lowest BCUT2D eigenvalue weighted by atomic mass is 9.77. The first-order valence-electron chi connectivity index (χ1n) is 8.27. The van der Waals surface area contributed by atoms with Gasteiger partial charge in [0, 0.05) is 13.0 Å². The molecule has 2 aliphatic carbocycles. The highest BCUT2D eigenvalue weighted by molar-refractivity contribution is 5.85. The van der Waals surface area contributed by atoms with Crippen LogP contribution in [-0.4, -0.2) is 23.5 Å². The van der Waals surface area contributed by atoms with Crippen LogP contribution in [0.2, 0.25) is 0 Å². The van der Waals surface area contributed by atoms with E-state index in [0.717, 1.165) is 44.9 Å². The number of nitrogens with one attached hydrogen (secondary N) is 1. The summed E-state index contributed by atoms with van der Waals surface area (Å²) in [5.41, 5.74) is -0.826. The molecule has 4 nitrogen and oxygen atoms in total. The van der Waals surface area contributed by atoms with Crippen LogP contribution in [0.5, 0.6) is 0 Å². The molecule has 0 aliphatic heterocycles. The second-order valence-corrected chi connectivity index (χ2v) is 6.63. The quantitative estimate of drug-likeness (QED) is 0.604. The van der Waals surface area contributed by atoms with Crippen molar-refractivity contribution in [3.8, 4) is 0 Å². The fraction of sp³-hybridized carbons (Fsp3) is 0.765. The summed E-state index contributed by atoms with van der Waals surface area (Å²) in [7, 11) is 0. The van der Waals surface area contributed by atoms with E-state index in [0.29, 0.717) is 25.3 Å². The van der Waals surface area contributed by atoms with Crippen molar-refractivity contribution in [2.75, 3.05) is 6.54 Å². The number of allylic oxidation sites excluding steroid dienone is 2. The standard InChI is InChI=1S/C17H27NO3/c19-15(18-13-14-8-4-3-5-9-14)12-17(16(20)21)10-6-1-2-7-11-17/h3-4,14H,1-2,5-13H2,(H,18,19)(H,20,21). The molecule has 0 aromatic carbocycles. The van der Waals surface area contributed by atoms with E-state index in [2.05, 4.69) is 17.5 Å². The SMILES string of the molecule is O=C(CC1(C(=O)O)CCCCCC1)NCC1CC=CCC1. The summed E-state index contributed by atoms with van der Waals surface area (Å²) in [5, 5.41) is 12.6. The largest absolute Gasteiger partial charge is 0.481 e. The van der Waals surface area contributed by atoms with E-state index in [1.807, 2.05) is 0 Å². The Bertz CT molecular complexity index is 395. The highest BCUT2D eigenvalue weighted by Crippen LogP contribution is 2.38. The number of carbonyl (C=O) groups is 2. The average molecular weight is 293 g/mol. The second-order valence-electron chi connectivity index (χ2n) is 6.63. The van der Waals surface area contributed by atoms with E-state index in [4.69, 9.17) is 0 Å². The molecule has 1 unspecified atom stereocenters. The minimum atomic E-state index is -0.826. The van der Waals surface area contributed by atoms with Gasteiger partial charge >= 0.3 is 5.97 Å². The van der Waals surface area contributed by atoms with Crippen molar-refractivity contribution >= 4 is 11.9 Å². The summed E-state index contributed by atoms with van der Waals surface area (Å²) in [6.45, 7) is 0.679. The highest BCUT2D eigenvalue weighted by atomic mass is 16.4. The molecule has 2 aliphatic rings. The van der Waals surface area contributed by atoms with E-state index in [9.17, 15) is 14.7 Å². The van der Waals surface area contributed by atoms with E-state index in [1.165, 1.54) is 0 Å². The smallest absolute Gasteiger partial charge is 0.310 e. The molecule has 0 bridgehead atoms. The number of hydrogen-bond donors (Lipinski definition) is 2. The second kappa shape index (κ2) is 7.62. The molecule has 2 rings (SSSR count). The summed E-state index contributed by atoms with van der Waals surface area (Å²) in [4.78, 5) is 23.9. The Balaban J connectivity index is 1.85. The van der Waals surface area contributed by atoms with Crippen molar-refractivity contribution in [2.24, 2.45) is 11.3 Å². The Labute approximate surface area is 127 Å². The zero-order chi connectivity index (χ0) is 15.1. The Morgan fingerprint density at radius 1 is 1.14 bits per heavy atom. The van der Waals surface area contributed by atoms with Gasteiger partial charge in [-0.25, -0.2) is 0 Å². The summed E-state index contributed by atoms with van der Waals surface area (Å²) in [6, 6.07) is 0. The van der Waals surface area contributed by atoms with Crippen LogP contribution in [0.4, 0.5) is 0 Å². The molecule has 0 aromatic rings. The summed E-state index contributed by atoms with van der Waals surface area (Å²) < 4.78 is 0. The molecule has 0 saturated heterocycles. The van der Waals surface area contributed by atoms with Crippen LogP contribution < -0.4 is 5.32 Å². The van der Waals surface area contributed by atoms with Crippen molar-refractivity contribution in [3.63, 3.8) is 0 Å². The van der Waals surface area contributed by atoms with Gasteiger partial charge in [-0.15, -0.1) is 0 Å². The first-order valence-corrected chi connectivity index (χ1v) is 8.27. The molecule has 118 valence electrons. The number of carbonyl (C=O) groups excluding carboxylic acids is 1. The predicted molar refractivity (Wildman–Crippen MR) is 81.9 cm³/mol. The van der Waals surface area contributed by atoms with Gasteiger partial charge < -0.3 is 10.4 Å². The lowest BCUT2D eigenvalue weighted by molar-refractivity contribution is -0.152. The van der Waals surface area contributed by atoms with Crippen LogP contribution in [-0.2, 0) is 9.59 Å². The summed E-state index contributed by atoms with van der Waals surface area (Å²) in [6.07, 6.45) is 13.0. The minimum Gasteiger partial charge on any atom is -0.481 e. The van der Waals surface area contributed by atoms with Gasteiger partial charge in [-0.2, -0.15) is 0 Å². The van der Waals surface area contributed by atoms with E-state index < -0.39 is 11.4 Å². The molecular weight excluding hydrogens is 266 g/mol. The van der Waals surface area contributed by atoms with E-state index in [-0.39, 0.29) is 12.3 Å². The van der Waals surface area contributed by atoms with Crippen molar-refractivity contribution in [2.45, 2.75) is 64.2 Å². The number of carboxylic acid groups (broad SMARTS) is 1. The van der Waals surface area contributed by atoms with Gasteiger partial charge in [-0.3, -0.25) is 9.59 Å². The van der Waals surface area contributed by atoms with E-state index >= 15 is 0 Å². The first kappa shape index (κ1) is 16.1. The monoisotopic (exact) mass is 293 g/mol. The van der Waals surface area contributed by atoms with Crippen LogP contribution in [0.15, 0.2) is 12.2 Å². The number of rotatable bonds is 5. The highest BCUT2D eigenvalue weighted by Gasteiger charge is 2.40. The number of amides is 1. The molecule has 1 fully saturated rings. The maximum absolute atomic E-state index is 12.2. The number of carboxylic acids is 1. The molecule has 0 heterocycles. The molecule has 21 heavy (non-hydrogen) atoms. The number of aliphatic carboxylic acids is 1. The predicted octanol–water partition coefficient (Wildman–Crippen LogP) is 3.27. The summed E-state index contributed by atoms with van der Waals surface area (Å²) in [5.74, 6) is -0.372. The molecule has 0 aromatic heterocycles. The van der Waals surface area contributed by atoms with Crippen molar-refractivity contribution in [3.05, 3.63) is 12.2 Å². The lowest BCUT2D eigenvalue weighted by Gasteiger charge is -2.28. The zero-order valence-electron chi connectivity index (χ0n) is 12.8. The molecule has 2 N–H and O–H groups in total. The van der Waals surface area contributed by atoms with Gasteiger partial charge in [0.1, 0.15) is 0 Å². The van der Waals surface area contributed by atoms with Crippen molar-refractivity contribution in [1.82, 2.24) is 5.32 Å². The fourth-order valence-corrected chi connectivity index (χ4v) is 3.54. The van der Waals surface area contributed by atoms with Crippen LogP contribution in [0, 0.1) is 11.3 Å². The Morgan fingerprint density at radius 3 is 2.43 bits per heavy atom. The molecule has 1 saturated carbocycles. The fourth-order valence-electron chi connectivity index (χ4n) is 3.54. The van der Waals surface area contributed by atoms with Gasteiger partial charge in [0.15, 0.2) is 0 Å². The Hall–Kier alpha value is -1.32. The van der Waals surface area contributed by atoms with Crippen LogP contribution in [0.1, 0.15) is 64.2 Å². The molecule has 4 heteroatoms. The third-order valence-corrected chi connectivity index (χ3v) is 4.98. The van der Waals surface area contributed by atoms with Crippen LogP contribution in [0.3, 0.4) is 0 Å². The first-order chi connectivity index (χ1) is 10.1. The minimum absolute atomic E-state index is 0.0890. The maximum atomic E-state index is 12.2. The van der Waals surface area contributed by atoms with Gasteiger partial charge in [0.25, 0.3) is 0 Å². The van der Waals surface area contributed by atoms with Gasteiger partial charge in [-0.05, 0) is 38.0 Å². The summed E-state index contributed by atoms with van der Waals surface area (Å²) >= 11 is 0. The average Bonchev–Trinajstić information content (AvgIpc) is 2.73. The Morgan fingerprint density at radius 2 is 1.86 bits per heavy atom. The normalized spacial score (nSPS) is 25.0. The van der Waals surface area contributed by atoms with Gasteiger partial charge in [0.2, 0.25) is 5.91 Å². The maximum Gasteiger partial charge on any atom is 0.310 e. The molecule has 0 radical (unpaired) electrons. The molecular formula is C17H27NO3. The molecule has 1 amide bonds. The van der Waals surface area contributed by atoms with E-state index in [1.54, 1.807) is 0 Å². The molecule has 0 spiro atoms. The third kappa shape index (κ3) is 4.58. The van der Waals surface area contributed by atoms with Crippen molar-refractivity contribution in [1.29, 1.82) is 0 Å². The van der Waals surface area contributed by atoms with Gasteiger partial charge in [0.05, 0.1) is 5.41 Å². The molecule has 1 atom stereocenters. The Kier molecular flexibility index (Phi) is 5.83. The zero-order valence-corrected chi connectivity index (χ0v) is 12.8. The van der Waals surface area contributed by atoms with Crippen LogP contribution in [0.25, 0.3) is 0 Å². The van der Waals surface area contributed by atoms with Crippen molar-refractivity contribution < 1.29 is 14.7 Å².